The Balaban J connectivity index is 1.69. The first-order chi connectivity index (χ1) is 11.6. The van der Waals surface area contributed by atoms with E-state index in [1.807, 2.05) is 42.2 Å². The fourth-order valence-corrected chi connectivity index (χ4v) is 3.07. The summed E-state index contributed by atoms with van der Waals surface area (Å²) in [6.45, 7) is 4.69. The molecule has 0 saturated carbocycles. The van der Waals surface area contributed by atoms with Crippen molar-refractivity contribution in [2.24, 2.45) is 0 Å². The molecule has 1 fully saturated rings. The summed E-state index contributed by atoms with van der Waals surface area (Å²) in [5.74, 6) is 0.0614. The van der Waals surface area contributed by atoms with Gasteiger partial charge in [-0.1, -0.05) is 29.3 Å². The Bertz CT molecular complexity index is 787. The SMILES string of the molecule is Cc1ccc(C(=O)N2CCN(c3ccc(Cl)cc3C#N)CC2)cc1. The van der Waals surface area contributed by atoms with Gasteiger partial charge < -0.3 is 9.80 Å². The average molecular weight is 340 g/mol. The molecule has 0 atom stereocenters. The number of hydrogen-bond donors (Lipinski definition) is 0. The van der Waals surface area contributed by atoms with Gasteiger partial charge in [-0.05, 0) is 37.3 Å². The lowest BCUT2D eigenvalue weighted by Gasteiger charge is -2.36. The predicted molar refractivity (Wildman–Crippen MR) is 95.5 cm³/mol. The Labute approximate surface area is 146 Å². The highest BCUT2D eigenvalue weighted by molar-refractivity contribution is 6.30. The van der Waals surface area contributed by atoms with Crippen LogP contribution in [0.1, 0.15) is 21.5 Å². The number of halogens is 1. The molecule has 3 rings (SSSR count). The van der Waals surface area contributed by atoms with Crippen LogP contribution in [0.3, 0.4) is 0 Å². The molecule has 2 aromatic carbocycles. The van der Waals surface area contributed by atoms with E-state index in [1.165, 1.54) is 0 Å². The van der Waals surface area contributed by atoms with Gasteiger partial charge in [-0.3, -0.25) is 4.79 Å². The largest absolute Gasteiger partial charge is 0.367 e. The Hall–Kier alpha value is -2.51. The van der Waals surface area contributed by atoms with Gasteiger partial charge in [0.15, 0.2) is 0 Å². The molecule has 0 N–H and O–H groups in total. The number of hydrogen-bond acceptors (Lipinski definition) is 3. The summed E-state index contributed by atoms with van der Waals surface area (Å²) in [5.41, 5.74) is 3.31. The summed E-state index contributed by atoms with van der Waals surface area (Å²) in [7, 11) is 0. The first-order valence-corrected chi connectivity index (χ1v) is 8.27. The number of aryl methyl sites for hydroxylation is 1. The Morgan fingerprint density at radius 3 is 2.38 bits per heavy atom. The number of nitriles is 1. The lowest BCUT2D eigenvalue weighted by molar-refractivity contribution is 0.0747. The zero-order valence-corrected chi connectivity index (χ0v) is 14.3. The summed E-state index contributed by atoms with van der Waals surface area (Å²) < 4.78 is 0. The smallest absolute Gasteiger partial charge is 0.253 e. The molecule has 0 radical (unpaired) electrons. The van der Waals surface area contributed by atoms with E-state index in [9.17, 15) is 10.1 Å². The molecule has 1 amide bonds. The second kappa shape index (κ2) is 6.94. The van der Waals surface area contributed by atoms with Gasteiger partial charge in [-0.15, -0.1) is 0 Å². The normalized spacial score (nSPS) is 14.4. The molecule has 5 heteroatoms. The number of piperazine rings is 1. The van der Waals surface area contributed by atoms with Gasteiger partial charge in [-0.2, -0.15) is 5.26 Å². The minimum atomic E-state index is 0.0614. The van der Waals surface area contributed by atoms with Crippen molar-refractivity contribution in [1.29, 1.82) is 5.26 Å². The van der Waals surface area contributed by atoms with Gasteiger partial charge in [0.1, 0.15) is 6.07 Å². The molecule has 122 valence electrons. The van der Waals surface area contributed by atoms with Crippen molar-refractivity contribution in [1.82, 2.24) is 4.90 Å². The molecule has 0 unspecified atom stereocenters. The van der Waals surface area contributed by atoms with Gasteiger partial charge in [0.2, 0.25) is 0 Å². The van der Waals surface area contributed by atoms with Crippen LogP contribution in [0.5, 0.6) is 0 Å². The van der Waals surface area contributed by atoms with E-state index < -0.39 is 0 Å². The molecule has 24 heavy (non-hydrogen) atoms. The predicted octanol–water partition coefficient (Wildman–Crippen LogP) is 3.48. The number of benzene rings is 2. The van der Waals surface area contributed by atoms with Crippen LogP contribution in [0.15, 0.2) is 42.5 Å². The molecule has 0 spiro atoms. The van der Waals surface area contributed by atoms with Crippen molar-refractivity contribution >= 4 is 23.2 Å². The van der Waals surface area contributed by atoms with E-state index >= 15 is 0 Å². The van der Waals surface area contributed by atoms with Crippen LogP contribution in [-0.2, 0) is 0 Å². The van der Waals surface area contributed by atoms with Crippen LogP contribution < -0.4 is 4.90 Å². The maximum atomic E-state index is 12.6. The van der Waals surface area contributed by atoms with E-state index in [4.69, 9.17) is 11.6 Å². The van der Waals surface area contributed by atoms with Gasteiger partial charge in [-0.25, -0.2) is 0 Å². The van der Waals surface area contributed by atoms with E-state index in [0.717, 1.165) is 16.8 Å². The van der Waals surface area contributed by atoms with E-state index in [2.05, 4.69) is 11.0 Å². The fourth-order valence-electron chi connectivity index (χ4n) is 2.90. The highest BCUT2D eigenvalue weighted by Gasteiger charge is 2.23. The van der Waals surface area contributed by atoms with Crippen molar-refractivity contribution in [2.75, 3.05) is 31.1 Å². The first-order valence-electron chi connectivity index (χ1n) is 7.89. The Morgan fingerprint density at radius 2 is 1.75 bits per heavy atom. The summed E-state index contributed by atoms with van der Waals surface area (Å²) in [6.07, 6.45) is 0. The average Bonchev–Trinajstić information content (AvgIpc) is 2.62. The van der Waals surface area contributed by atoms with Gasteiger partial charge in [0.25, 0.3) is 5.91 Å². The van der Waals surface area contributed by atoms with E-state index in [0.29, 0.717) is 36.8 Å². The van der Waals surface area contributed by atoms with Crippen molar-refractivity contribution in [3.63, 3.8) is 0 Å². The van der Waals surface area contributed by atoms with Gasteiger partial charge in [0.05, 0.1) is 11.3 Å². The molecule has 1 heterocycles. The van der Waals surface area contributed by atoms with Crippen molar-refractivity contribution < 1.29 is 4.79 Å². The quantitative estimate of drug-likeness (QED) is 0.841. The molecular weight excluding hydrogens is 322 g/mol. The summed E-state index contributed by atoms with van der Waals surface area (Å²) in [4.78, 5) is 16.6. The zero-order chi connectivity index (χ0) is 17.1. The second-order valence-electron chi connectivity index (χ2n) is 5.92. The lowest BCUT2D eigenvalue weighted by Crippen LogP contribution is -2.49. The summed E-state index contributed by atoms with van der Waals surface area (Å²) in [5, 5.41) is 9.84. The molecule has 1 aliphatic heterocycles. The van der Waals surface area contributed by atoms with Crippen LogP contribution >= 0.6 is 11.6 Å². The molecule has 4 nitrogen and oxygen atoms in total. The maximum absolute atomic E-state index is 12.6. The third-order valence-electron chi connectivity index (χ3n) is 4.29. The highest BCUT2D eigenvalue weighted by atomic mass is 35.5. The standard InChI is InChI=1S/C19H18ClN3O/c1-14-2-4-15(5-3-14)19(24)23-10-8-22(9-11-23)18-7-6-17(20)12-16(18)13-21/h2-7,12H,8-11H2,1H3. The molecule has 1 saturated heterocycles. The number of amides is 1. The van der Waals surface area contributed by atoms with Crippen molar-refractivity contribution in [2.45, 2.75) is 6.92 Å². The summed E-state index contributed by atoms with van der Waals surface area (Å²) in [6, 6.07) is 15.2. The van der Waals surface area contributed by atoms with Crippen LogP contribution in [0.2, 0.25) is 5.02 Å². The highest BCUT2D eigenvalue weighted by Crippen LogP contribution is 2.25. The van der Waals surface area contributed by atoms with Crippen molar-refractivity contribution in [3.8, 4) is 6.07 Å². The Kier molecular flexibility index (Phi) is 4.73. The molecule has 2 aromatic rings. The summed E-state index contributed by atoms with van der Waals surface area (Å²) >= 11 is 5.96. The minimum absolute atomic E-state index is 0.0614. The molecule has 0 bridgehead atoms. The third-order valence-corrected chi connectivity index (χ3v) is 4.52. The van der Waals surface area contributed by atoms with E-state index in [1.54, 1.807) is 12.1 Å². The lowest BCUT2D eigenvalue weighted by atomic mass is 10.1. The molecular formula is C19H18ClN3O. The molecule has 0 aromatic heterocycles. The number of rotatable bonds is 2. The molecule has 0 aliphatic carbocycles. The van der Waals surface area contributed by atoms with Crippen LogP contribution in [0, 0.1) is 18.3 Å². The number of nitrogens with zero attached hydrogens (tertiary/aromatic N) is 3. The maximum Gasteiger partial charge on any atom is 0.253 e. The van der Waals surface area contributed by atoms with Crippen LogP contribution in [0.25, 0.3) is 0 Å². The van der Waals surface area contributed by atoms with Crippen molar-refractivity contribution in [3.05, 3.63) is 64.2 Å². The van der Waals surface area contributed by atoms with Crippen LogP contribution in [0.4, 0.5) is 5.69 Å². The molecule has 1 aliphatic rings. The third kappa shape index (κ3) is 3.37. The number of anilines is 1. The monoisotopic (exact) mass is 339 g/mol. The van der Waals surface area contributed by atoms with Gasteiger partial charge >= 0.3 is 0 Å². The Morgan fingerprint density at radius 1 is 1.08 bits per heavy atom. The first kappa shape index (κ1) is 16.4. The van der Waals surface area contributed by atoms with Gasteiger partial charge in [0, 0.05) is 36.8 Å². The topological polar surface area (TPSA) is 47.3 Å². The fraction of sp³-hybridized carbons (Fsp3) is 0.263. The van der Waals surface area contributed by atoms with E-state index in [-0.39, 0.29) is 5.91 Å². The number of carbonyl (C=O) groups excluding carboxylic acids is 1. The van der Waals surface area contributed by atoms with Crippen LogP contribution in [-0.4, -0.2) is 37.0 Å². The second-order valence-corrected chi connectivity index (χ2v) is 6.35. The number of carbonyl (C=O) groups is 1. The minimum Gasteiger partial charge on any atom is -0.367 e. The zero-order valence-electron chi connectivity index (χ0n) is 13.5.